The van der Waals surface area contributed by atoms with Crippen LogP contribution in [0.25, 0.3) is 10.2 Å². The summed E-state index contributed by atoms with van der Waals surface area (Å²) < 4.78 is 24.0. The van der Waals surface area contributed by atoms with Gasteiger partial charge in [-0.25, -0.2) is 13.4 Å². The average molecular weight is 360 g/mol. The van der Waals surface area contributed by atoms with Crippen LogP contribution in [0.15, 0.2) is 53.4 Å². The zero-order chi connectivity index (χ0) is 17.2. The van der Waals surface area contributed by atoms with Crippen LogP contribution in [0.5, 0.6) is 0 Å². The summed E-state index contributed by atoms with van der Waals surface area (Å²) in [7, 11) is -3.25. The van der Waals surface area contributed by atoms with E-state index in [1.165, 1.54) is 24.3 Å². The van der Waals surface area contributed by atoms with Gasteiger partial charge in [0.1, 0.15) is 0 Å². The van der Waals surface area contributed by atoms with E-state index in [2.05, 4.69) is 10.3 Å². The number of para-hydroxylation sites is 1. The van der Waals surface area contributed by atoms with E-state index < -0.39 is 9.84 Å². The van der Waals surface area contributed by atoms with Crippen LogP contribution in [0.2, 0.25) is 0 Å². The lowest BCUT2D eigenvalue weighted by molar-refractivity contribution is 0.0954. The first-order chi connectivity index (χ1) is 11.4. The van der Waals surface area contributed by atoms with Crippen molar-refractivity contribution in [2.24, 2.45) is 0 Å². The highest BCUT2D eigenvalue weighted by Gasteiger charge is 2.10. The standard InChI is InChI=1S/C17H16N2O3S2/c1-24(21,22)13-8-6-12(7-9-13)17(20)18-11-10-16-19-14-4-2-3-5-15(14)23-16/h2-9H,10-11H2,1H3,(H,18,20). The highest BCUT2D eigenvalue weighted by molar-refractivity contribution is 7.90. The molecule has 0 fully saturated rings. The number of benzene rings is 2. The smallest absolute Gasteiger partial charge is 0.251 e. The van der Waals surface area contributed by atoms with Gasteiger partial charge in [-0.05, 0) is 36.4 Å². The van der Waals surface area contributed by atoms with Gasteiger partial charge in [-0.1, -0.05) is 12.1 Å². The first kappa shape index (κ1) is 16.6. The van der Waals surface area contributed by atoms with Gasteiger partial charge in [0.2, 0.25) is 0 Å². The second kappa shape index (κ2) is 6.70. The fourth-order valence-electron chi connectivity index (χ4n) is 2.27. The molecule has 0 radical (unpaired) electrons. The first-order valence-corrected chi connectivity index (χ1v) is 10.1. The molecule has 24 heavy (non-hydrogen) atoms. The van der Waals surface area contributed by atoms with E-state index in [-0.39, 0.29) is 10.8 Å². The van der Waals surface area contributed by atoms with E-state index in [0.717, 1.165) is 21.5 Å². The van der Waals surface area contributed by atoms with Crippen LogP contribution in [0.4, 0.5) is 0 Å². The maximum Gasteiger partial charge on any atom is 0.251 e. The van der Waals surface area contributed by atoms with Gasteiger partial charge < -0.3 is 5.32 Å². The number of hydrogen-bond donors (Lipinski definition) is 1. The number of carbonyl (C=O) groups excluding carboxylic acids is 1. The highest BCUT2D eigenvalue weighted by Crippen LogP contribution is 2.21. The van der Waals surface area contributed by atoms with Crippen molar-refractivity contribution in [2.45, 2.75) is 11.3 Å². The van der Waals surface area contributed by atoms with Crippen LogP contribution in [-0.4, -0.2) is 32.1 Å². The van der Waals surface area contributed by atoms with Crippen molar-refractivity contribution in [1.82, 2.24) is 10.3 Å². The third kappa shape index (κ3) is 3.80. The molecule has 1 aromatic heterocycles. The normalized spacial score (nSPS) is 11.5. The summed E-state index contributed by atoms with van der Waals surface area (Å²) in [5.41, 5.74) is 1.41. The minimum absolute atomic E-state index is 0.202. The molecular formula is C17H16N2O3S2. The molecule has 0 saturated heterocycles. The Bertz CT molecular complexity index is 943. The van der Waals surface area contributed by atoms with Crippen molar-refractivity contribution in [3.05, 3.63) is 59.1 Å². The van der Waals surface area contributed by atoms with E-state index >= 15 is 0 Å². The Morgan fingerprint density at radius 2 is 1.83 bits per heavy atom. The Balaban J connectivity index is 1.59. The molecule has 0 atom stereocenters. The molecule has 0 aliphatic rings. The number of nitrogens with one attached hydrogen (secondary N) is 1. The van der Waals surface area contributed by atoms with Gasteiger partial charge in [0.05, 0.1) is 20.1 Å². The fourth-order valence-corrected chi connectivity index (χ4v) is 3.86. The predicted molar refractivity (Wildman–Crippen MR) is 95.2 cm³/mol. The van der Waals surface area contributed by atoms with Crippen LogP contribution in [0.3, 0.4) is 0 Å². The van der Waals surface area contributed by atoms with E-state index in [4.69, 9.17) is 0 Å². The number of aromatic nitrogens is 1. The molecule has 0 bridgehead atoms. The molecule has 3 rings (SSSR count). The molecule has 0 aliphatic carbocycles. The Kier molecular flexibility index (Phi) is 4.64. The van der Waals surface area contributed by atoms with Gasteiger partial charge in [0.15, 0.2) is 9.84 Å². The monoisotopic (exact) mass is 360 g/mol. The lowest BCUT2D eigenvalue weighted by Gasteiger charge is -2.05. The van der Waals surface area contributed by atoms with Crippen molar-refractivity contribution in [3.63, 3.8) is 0 Å². The Labute approximate surface area is 144 Å². The summed E-state index contributed by atoms with van der Waals surface area (Å²) in [4.78, 5) is 16.8. The molecule has 1 N–H and O–H groups in total. The predicted octanol–water partition coefficient (Wildman–Crippen LogP) is 2.67. The molecular weight excluding hydrogens is 344 g/mol. The Morgan fingerprint density at radius 3 is 2.50 bits per heavy atom. The van der Waals surface area contributed by atoms with Crippen LogP contribution < -0.4 is 5.32 Å². The second-order valence-electron chi connectivity index (χ2n) is 5.38. The second-order valence-corrected chi connectivity index (χ2v) is 8.51. The number of sulfone groups is 1. The highest BCUT2D eigenvalue weighted by atomic mass is 32.2. The molecule has 5 nitrogen and oxygen atoms in total. The summed E-state index contributed by atoms with van der Waals surface area (Å²) in [6, 6.07) is 13.8. The van der Waals surface area contributed by atoms with Gasteiger partial charge >= 0.3 is 0 Å². The SMILES string of the molecule is CS(=O)(=O)c1ccc(C(=O)NCCc2nc3ccccc3s2)cc1. The Morgan fingerprint density at radius 1 is 1.12 bits per heavy atom. The molecule has 124 valence electrons. The molecule has 3 aromatic rings. The van der Waals surface area contributed by atoms with Gasteiger partial charge in [0, 0.05) is 24.8 Å². The molecule has 1 amide bonds. The van der Waals surface area contributed by atoms with Crippen molar-refractivity contribution in [2.75, 3.05) is 12.8 Å². The van der Waals surface area contributed by atoms with Gasteiger partial charge in [-0.2, -0.15) is 0 Å². The molecule has 2 aromatic carbocycles. The molecule has 0 unspecified atom stereocenters. The van der Waals surface area contributed by atoms with Gasteiger partial charge in [0.25, 0.3) is 5.91 Å². The minimum Gasteiger partial charge on any atom is -0.352 e. The van der Waals surface area contributed by atoms with Crippen molar-refractivity contribution < 1.29 is 13.2 Å². The summed E-state index contributed by atoms with van der Waals surface area (Å²) in [6.07, 6.45) is 1.80. The lowest BCUT2D eigenvalue weighted by Crippen LogP contribution is -2.25. The van der Waals surface area contributed by atoms with Crippen molar-refractivity contribution in [3.8, 4) is 0 Å². The van der Waals surface area contributed by atoms with Gasteiger partial charge in [-0.15, -0.1) is 11.3 Å². The summed E-state index contributed by atoms with van der Waals surface area (Å²) in [5, 5.41) is 3.80. The quantitative estimate of drug-likeness (QED) is 0.759. The summed E-state index contributed by atoms with van der Waals surface area (Å²) in [5.74, 6) is -0.226. The summed E-state index contributed by atoms with van der Waals surface area (Å²) >= 11 is 1.62. The zero-order valence-corrected chi connectivity index (χ0v) is 14.7. The lowest BCUT2D eigenvalue weighted by atomic mass is 10.2. The molecule has 0 aliphatic heterocycles. The van der Waals surface area contributed by atoms with Crippen molar-refractivity contribution >= 4 is 37.3 Å². The van der Waals surface area contributed by atoms with E-state index in [9.17, 15) is 13.2 Å². The number of rotatable bonds is 5. The maximum atomic E-state index is 12.1. The van der Waals surface area contributed by atoms with Gasteiger partial charge in [-0.3, -0.25) is 4.79 Å². The molecule has 7 heteroatoms. The zero-order valence-electron chi connectivity index (χ0n) is 13.0. The number of thiazole rings is 1. The van der Waals surface area contributed by atoms with Crippen LogP contribution in [0.1, 0.15) is 15.4 Å². The first-order valence-electron chi connectivity index (χ1n) is 7.36. The van der Waals surface area contributed by atoms with Crippen molar-refractivity contribution in [1.29, 1.82) is 0 Å². The van der Waals surface area contributed by atoms with Crippen LogP contribution in [-0.2, 0) is 16.3 Å². The average Bonchev–Trinajstić information content (AvgIpc) is 2.96. The third-order valence-corrected chi connectivity index (χ3v) is 5.73. The molecule has 0 saturated carbocycles. The number of hydrogen-bond acceptors (Lipinski definition) is 5. The largest absolute Gasteiger partial charge is 0.352 e. The third-order valence-electron chi connectivity index (χ3n) is 3.51. The molecule has 1 heterocycles. The number of carbonyl (C=O) groups is 1. The summed E-state index contributed by atoms with van der Waals surface area (Å²) in [6.45, 7) is 0.479. The minimum atomic E-state index is -3.25. The maximum absolute atomic E-state index is 12.1. The van der Waals surface area contributed by atoms with E-state index in [1.807, 2.05) is 24.3 Å². The van der Waals surface area contributed by atoms with E-state index in [1.54, 1.807) is 11.3 Å². The number of amides is 1. The fraction of sp³-hybridized carbons (Fsp3) is 0.176. The number of fused-ring (bicyclic) bond motifs is 1. The van der Waals surface area contributed by atoms with E-state index in [0.29, 0.717) is 18.5 Å². The molecule has 0 spiro atoms. The van der Waals surface area contributed by atoms with Crippen LogP contribution in [0, 0.1) is 0 Å². The topological polar surface area (TPSA) is 76.1 Å². The Hall–Kier alpha value is -2.25. The number of nitrogens with zero attached hydrogens (tertiary/aromatic N) is 1. The van der Waals surface area contributed by atoms with Crippen LogP contribution >= 0.6 is 11.3 Å².